The van der Waals surface area contributed by atoms with Crippen molar-refractivity contribution >= 4 is 29.8 Å². The van der Waals surface area contributed by atoms with Crippen LogP contribution >= 0.6 is 23.5 Å². The Morgan fingerprint density at radius 3 is 2.23 bits per heavy atom. The monoisotopic (exact) mass is 394 g/mol. The Hall–Kier alpha value is 0.370. The molecule has 3 aliphatic carbocycles. The molecule has 1 nitrogen and oxygen atoms in total. The lowest BCUT2D eigenvalue weighted by Crippen LogP contribution is -2.54. The van der Waals surface area contributed by atoms with Crippen LogP contribution in [0.4, 0.5) is 0 Å². The van der Waals surface area contributed by atoms with Crippen LogP contribution in [0.3, 0.4) is 0 Å². The molecule has 1 heterocycles. The van der Waals surface area contributed by atoms with Crippen molar-refractivity contribution in [3.63, 3.8) is 0 Å². The second kappa shape index (κ2) is 6.44. The molecule has 0 aromatic rings. The summed E-state index contributed by atoms with van der Waals surface area (Å²) in [5.41, 5.74) is 1.65. The van der Waals surface area contributed by atoms with Crippen molar-refractivity contribution in [2.45, 2.75) is 84.1 Å². The zero-order valence-corrected chi connectivity index (χ0v) is 19.1. The molecule has 1 aliphatic heterocycles. The fraction of sp³-hybridized carbons (Fsp3) is 0.957. The van der Waals surface area contributed by atoms with Crippen molar-refractivity contribution < 1.29 is 4.79 Å². The Morgan fingerprint density at radius 1 is 0.885 bits per heavy atom. The van der Waals surface area contributed by atoms with Crippen molar-refractivity contribution in [1.29, 1.82) is 0 Å². The SMILES string of the molecule is CC1(C)CCC[C@]2(C)[C@H]3C[C@](C)(C4SCCS4)[C@@H](CC=O)[C@]3(C)CC[C@@H]12. The molecule has 3 saturated carbocycles. The summed E-state index contributed by atoms with van der Waals surface area (Å²) < 4.78 is 0.702. The Morgan fingerprint density at radius 2 is 1.58 bits per heavy atom. The van der Waals surface area contributed by atoms with E-state index in [1.807, 2.05) is 0 Å². The summed E-state index contributed by atoms with van der Waals surface area (Å²) in [6, 6.07) is 0. The number of hydrogen-bond acceptors (Lipinski definition) is 3. The van der Waals surface area contributed by atoms with Gasteiger partial charge in [0.25, 0.3) is 0 Å². The number of hydrogen-bond donors (Lipinski definition) is 0. The van der Waals surface area contributed by atoms with Crippen molar-refractivity contribution in [3.05, 3.63) is 0 Å². The maximum absolute atomic E-state index is 11.7. The van der Waals surface area contributed by atoms with E-state index < -0.39 is 0 Å². The van der Waals surface area contributed by atoms with Crippen LogP contribution in [0.15, 0.2) is 0 Å². The smallest absolute Gasteiger partial charge is 0.120 e. The first kappa shape index (κ1) is 19.7. The summed E-state index contributed by atoms with van der Waals surface area (Å²) in [5.74, 6) is 4.83. The fourth-order valence-electron chi connectivity index (χ4n) is 8.54. The molecule has 4 fully saturated rings. The van der Waals surface area contributed by atoms with Gasteiger partial charge in [-0.3, -0.25) is 0 Å². The van der Waals surface area contributed by atoms with E-state index >= 15 is 0 Å². The summed E-state index contributed by atoms with van der Waals surface area (Å²) in [6.45, 7) is 12.9. The molecule has 0 radical (unpaired) electrons. The first-order chi connectivity index (χ1) is 12.2. The first-order valence-electron chi connectivity index (χ1n) is 10.9. The van der Waals surface area contributed by atoms with Crippen molar-refractivity contribution in [2.24, 2.45) is 39.4 Å². The molecule has 1 saturated heterocycles. The van der Waals surface area contributed by atoms with E-state index in [-0.39, 0.29) is 0 Å². The number of fused-ring (bicyclic) bond motifs is 3. The quantitative estimate of drug-likeness (QED) is 0.498. The molecule has 0 aromatic heterocycles. The van der Waals surface area contributed by atoms with Crippen molar-refractivity contribution in [2.75, 3.05) is 11.5 Å². The lowest BCUT2D eigenvalue weighted by molar-refractivity contribution is -0.130. The van der Waals surface area contributed by atoms with Crippen LogP contribution in [-0.4, -0.2) is 22.4 Å². The van der Waals surface area contributed by atoms with Gasteiger partial charge in [0.1, 0.15) is 6.29 Å². The van der Waals surface area contributed by atoms with Gasteiger partial charge in [0.05, 0.1) is 4.58 Å². The molecule has 26 heavy (non-hydrogen) atoms. The molecule has 0 amide bonds. The van der Waals surface area contributed by atoms with E-state index in [0.717, 1.165) is 18.3 Å². The maximum atomic E-state index is 11.7. The van der Waals surface area contributed by atoms with Gasteiger partial charge in [0.15, 0.2) is 0 Å². The van der Waals surface area contributed by atoms with Crippen molar-refractivity contribution in [1.82, 2.24) is 0 Å². The fourth-order valence-corrected chi connectivity index (χ4v) is 12.0. The van der Waals surface area contributed by atoms with Crippen LogP contribution in [-0.2, 0) is 4.79 Å². The largest absolute Gasteiger partial charge is 0.303 e. The standard InChI is InChI=1S/C23H38OS2/c1-20(2)9-6-10-21(3)16(20)7-11-22(4)17(8-12-24)23(5,15-18(21)22)19-25-13-14-26-19/h12,16-19H,6-11,13-15H2,1-5H3/t16-,17-,18+,21-,22-,23-/m0/s1. The third-order valence-electron chi connectivity index (χ3n) is 9.57. The minimum atomic E-state index is 0.325. The maximum Gasteiger partial charge on any atom is 0.120 e. The first-order valence-corrected chi connectivity index (χ1v) is 12.9. The Kier molecular flexibility index (Phi) is 4.87. The average molecular weight is 395 g/mol. The van der Waals surface area contributed by atoms with Gasteiger partial charge in [-0.05, 0) is 71.5 Å². The number of carbonyl (C=O) groups excluding carboxylic acids is 1. The van der Waals surface area contributed by atoms with Crippen LogP contribution in [0.5, 0.6) is 0 Å². The highest BCUT2D eigenvalue weighted by molar-refractivity contribution is 8.20. The molecular formula is C23H38OS2. The van der Waals surface area contributed by atoms with Crippen LogP contribution in [0, 0.1) is 39.4 Å². The predicted molar refractivity (Wildman–Crippen MR) is 116 cm³/mol. The van der Waals surface area contributed by atoms with Crippen LogP contribution < -0.4 is 0 Å². The Balaban J connectivity index is 1.75. The summed E-state index contributed by atoms with van der Waals surface area (Å²) in [7, 11) is 0. The van der Waals surface area contributed by atoms with Gasteiger partial charge in [0, 0.05) is 17.9 Å². The third-order valence-corrected chi connectivity index (χ3v) is 13.2. The van der Waals surface area contributed by atoms with E-state index in [1.54, 1.807) is 0 Å². The lowest BCUT2D eigenvalue weighted by atomic mass is 9.43. The molecule has 3 heteroatoms. The predicted octanol–water partition coefficient (Wildman–Crippen LogP) is 6.66. The second-order valence-corrected chi connectivity index (χ2v) is 14.0. The highest BCUT2D eigenvalue weighted by Crippen LogP contribution is 2.75. The van der Waals surface area contributed by atoms with Crippen LogP contribution in [0.2, 0.25) is 0 Å². The van der Waals surface area contributed by atoms with Crippen molar-refractivity contribution in [3.8, 4) is 0 Å². The summed E-state index contributed by atoms with van der Waals surface area (Å²) >= 11 is 4.37. The molecule has 148 valence electrons. The number of carbonyl (C=O) groups is 1. The highest BCUT2D eigenvalue weighted by atomic mass is 32.2. The van der Waals surface area contributed by atoms with E-state index in [2.05, 4.69) is 58.1 Å². The number of rotatable bonds is 3. The zero-order chi connectivity index (χ0) is 18.8. The lowest BCUT2D eigenvalue weighted by Gasteiger charge is -2.62. The molecular weight excluding hydrogens is 356 g/mol. The van der Waals surface area contributed by atoms with Gasteiger partial charge in [-0.1, -0.05) is 41.0 Å². The van der Waals surface area contributed by atoms with Gasteiger partial charge in [-0.25, -0.2) is 0 Å². The molecule has 0 spiro atoms. The number of thioether (sulfide) groups is 2. The zero-order valence-electron chi connectivity index (χ0n) is 17.5. The molecule has 0 bridgehead atoms. The van der Waals surface area contributed by atoms with Crippen LogP contribution in [0.1, 0.15) is 79.6 Å². The normalized spacial score (nSPS) is 51.0. The molecule has 4 rings (SSSR count). The molecule has 0 unspecified atom stereocenters. The van der Waals surface area contributed by atoms with Gasteiger partial charge in [-0.15, -0.1) is 23.5 Å². The van der Waals surface area contributed by atoms with Gasteiger partial charge in [-0.2, -0.15) is 0 Å². The molecule has 0 aromatic carbocycles. The molecule has 4 aliphatic rings. The molecule has 0 N–H and O–H groups in total. The summed E-state index contributed by atoms with van der Waals surface area (Å²) in [6.07, 6.45) is 10.3. The van der Waals surface area contributed by atoms with E-state index in [9.17, 15) is 4.79 Å². The number of aldehydes is 1. The van der Waals surface area contributed by atoms with Crippen LogP contribution in [0.25, 0.3) is 0 Å². The Labute approximate surface area is 169 Å². The highest BCUT2D eigenvalue weighted by Gasteiger charge is 2.68. The van der Waals surface area contributed by atoms with Gasteiger partial charge < -0.3 is 4.79 Å². The average Bonchev–Trinajstić information content (AvgIpc) is 3.16. The van der Waals surface area contributed by atoms with Gasteiger partial charge in [0.2, 0.25) is 0 Å². The van der Waals surface area contributed by atoms with Gasteiger partial charge >= 0.3 is 0 Å². The van der Waals surface area contributed by atoms with E-state index in [1.165, 1.54) is 56.3 Å². The van der Waals surface area contributed by atoms with E-state index in [0.29, 0.717) is 32.2 Å². The molecule has 6 atom stereocenters. The van der Waals surface area contributed by atoms with E-state index in [4.69, 9.17) is 0 Å². The second-order valence-electron chi connectivity index (χ2n) is 11.2. The minimum absolute atomic E-state index is 0.325. The topological polar surface area (TPSA) is 17.1 Å². The summed E-state index contributed by atoms with van der Waals surface area (Å²) in [5, 5.41) is 0. The minimum Gasteiger partial charge on any atom is -0.303 e. The third kappa shape index (κ3) is 2.61. The summed E-state index contributed by atoms with van der Waals surface area (Å²) in [4.78, 5) is 11.7. The Bertz CT molecular complexity index is 569.